The molecule has 0 amide bonds. The Morgan fingerprint density at radius 2 is 1.71 bits per heavy atom. The smallest absolute Gasteiger partial charge is 0.163 e. The number of hydrogen-bond donors (Lipinski definition) is 1. The second kappa shape index (κ2) is 5.52. The van der Waals surface area contributed by atoms with E-state index in [9.17, 15) is 4.39 Å². The molecule has 1 aliphatic heterocycles. The number of benzene rings is 2. The predicted molar refractivity (Wildman–Crippen MR) is 80.9 cm³/mol. The van der Waals surface area contributed by atoms with Crippen molar-refractivity contribution in [3.8, 4) is 11.5 Å². The SMILES string of the molecule is CCN(c1ccc(F)cc1)c1cc2c(cc1N)OCCO2. The zero-order valence-corrected chi connectivity index (χ0v) is 11.8. The third-order valence-corrected chi connectivity index (χ3v) is 3.44. The van der Waals surface area contributed by atoms with Gasteiger partial charge in [-0.25, -0.2) is 4.39 Å². The van der Waals surface area contributed by atoms with Crippen molar-refractivity contribution in [3.63, 3.8) is 0 Å². The molecule has 5 heteroatoms. The third-order valence-electron chi connectivity index (χ3n) is 3.44. The van der Waals surface area contributed by atoms with E-state index in [0.717, 1.165) is 11.4 Å². The van der Waals surface area contributed by atoms with E-state index in [1.165, 1.54) is 12.1 Å². The Morgan fingerprint density at radius 3 is 2.33 bits per heavy atom. The average molecular weight is 288 g/mol. The molecule has 0 atom stereocenters. The first-order chi connectivity index (χ1) is 10.2. The van der Waals surface area contributed by atoms with Crippen LogP contribution in [-0.2, 0) is 0 Å². The maximum atomic E-state index is 13.1. The van der Waals surface area contributed by atoms with E-state index in [-0.39, 0.29) is 5.82 Å². The first-order valence-corrected chi connectivity index (χ1v) is 6.91. The highest BCUT2D eigenvalue weighted by Crippen LogP contribution is 2.40. The molecule has 2 N–H and O–H groups in total. The Kier molecular flexibility index (Phi) is 3.56. The zero-order valence-electron chi connectivity index (χ0n) is 11.8. The van der Waals surface area contributed by atoms with Gasteiger partial charge >= 0.3 is 0 Å². The van der Waals surface area contributed by atoms with Crippen LogP contribution in [0.3, 0.4) is 0 Å². The van der Waals surface area contributed by atoms with E-state index < -0.39 is 0 Å². The monoisotopic (exact) mass is 288 g/mol. The molecule has 2 aromatic carbocycles. The lowest BCUT2D eigenvalue weighted by Gasteiger charge is -2.27. The lowest BCUT2D eigenvalue weighted by molar-refractivity contribution is 0.172. The molecule has 0 fully saturated rings. The molecule has 0 bridgehead atoms. The van der Waals surface area contributed by atoms with Crippen molar-refractivity contribution in [1.82, 2.24) is 0 Å². The number of halogens is 1. The van der Waals surface area contributed by atoms with Gasteiger partial charge in [-0.1, -0.05) is 0 Å². The van der Waals surface area contributed by atoms with Crippen LogP contribution in [0.1, 0.15) is 6.92 Å². The van der Waals surface area contributed by atoms with Crippen molar-refractivity contribution in [2.45, 2.75) is 6.92 Å². The Bertz CT molecular complexity index is 643. The number of nitrogen functional groups attached to an aromatic ring is 1. The van der Waals surface area contributed by atoms with Crippen LogP contribution < -0.4 is 20.1 Å². The molecule has 2 aromatic rings. The fourth-order valence-electron chi connectivity index (χ4n) is 2.44. The van der Waals surface area contributed by atoms with E-state index in [1.54, 1.807) is 18.2 Å². The number of nitrogens with two attached hydrogens (primary N) is 1. The summed E-state index contributed by atoms with van der Waals surface area (Å²) in [7, 11) is 0. The van der Waals surface area contributed by atoms with Gasteiger partial charge in [0.25, 0.3) is 0 Å². The van der Waals surface area contributed by atoms with Crippen molar-refractivity contribution >= 4 is 17.1 Å². The Labute approximate surface area is 122 Å². The van der Waals surface area contributed by atoms with Gasteiger partial charge < -0.3 is 20.1 Å². The number of fused-ring (bicyclic) bond motifs is 1. The minimum absolute atomic E-state index is 0.259. The first-order valence-electron chi connectivity index (χ1n) is 6.91. The highest BCUT2D eigenvalue weighted by Gasteiger charge is 2.18. The molecular weight excluding hydrogens is 271 g/mol. The van der Waals surface area contributed by atoms with Crippen LogP contribution in [0.25, 0.3) is 0 Å². The van der Waals surface area contributed by atoms with E-state index in [1.807, 2.05) is 17.9 Å². The number of hydrogen-bond acceptors (Lipinski definition) is 4. The van der Waals surface area contributed by atoms with Crippen molar-refractivity contribution in [2.75, 3.05) is 30.4 Å². The van der Waals surface area contributed by atoms with Gasteiger partial charge in [0.05, 0.1) is 11.4 Å². The summed E-state index contributed by atoms with van der Waals surface area (Å²) in [5.74, 6) is 1.09. The second-order valence-corrected chi connectivity index (χ2v) is 4.78. The van der Waals surface area contributed by atoms with Crippen LogP contribution in [0.5, 0.6) is 11.5 Å². The summed E-state index contributed by atoms with van der Waals surface area (Å²) in [6.07, 6.45) is 0. The maximum absolute atomic E-state index is 13.1. The summed E-state index contributed by atoms with van der Waals surface area (Å²) in [5.41, 5.74) is 8.44. The lowest BCUT2D eigenvalue weighted by atomic mass is 10.2. The van der Waals surface area contributed by atoms with Crippen LogP contribution in [0.15, 0.2) is 36.4 Å². The third kappa shape index (κ3) is 2.59. The number of ether oxygens (including phenoxy) is 2. The summed E-state index contributed by atoms with van der Waals surface area (Å²) in [5, 5.41) is 0. The van der Waals surface area contributed by atoms with Crippen LogP contribution in [0, 0.1) is 5.82 Å². The van der Waals surface area contributed by atoms with Gasteiger partial charge in [-0.15, -0.1) is 0 Å². The molecule has 1 heterocycles. The standard InChI is InChI=1S/C16H17FN2O2/c1-2-19(12-5-3-11(17)4-6-12)14-10-16-15(9-13(14)18)20-7-8-21-16/h3-6,9-10H,2,7-8,18H2,1H3. The van der Waals surface area contributed by atoms with Crippen LogP contribution in [0.2, 0.25) is 0 Å². The van der Waals surface area contributed by atoms with Crippen LogP contribution >= 0.6 is 0 Å². The molecule has 0 radical (unpaired) electrons. The highest BCUT2D eigenvalue weighted by atomic mass is 19.1. The Balaban J connectivity index is 2.02. The van der Waals surface area contributed by atoms with Gasteiger partial charge in [0.15, 0.2) is 11.5 Å². The van der Waals surface area contributed by atoms with Crippen LogP contribution in [0.4, 0.5) is 21.5 Å². The zero-order chi connectivity index (χ0) is 14.8. The summed E-state index contributed by atoms with van der Waals surface area (Å²) in [6, 6.07) is 9.98. The number of nitrogens with zero attached hydrogens (tertiary/aromatic N) is 1. The summed E-state index contributed by atoms with van der Waals surface area (Å²) in [4.78, 5) is 2.01. The molecule has 0 spiro atoms. The number of anilines is 3. The quantitative estimate of drug-likeness (QED) is 0.880. The molecule has 0 unspecified atom stereocenters. The molecule has 1 aliphatic rings. The molecule has 21 heavy (non-hydrogen) atoms. The van der Waals surface area contributed by atoms with E-state index >= 15 is 0 Å². The Hall–Kier alpha value is -2.43. The van der Waals surface area contributed by atoms with Crippen molar-refractivity contribution < 1.29 is 13.9 Å². The second-order valence-electron chi connectivity index (χ2n) is 4.78. The van der Waals surface area contributed by atoms with Crippen molar-refractivity contribution in [1.29, 1.82) is 0 Å². The van der Waals surface area contributed by atoms with Crippen molar-refractivity contribution in [2.24, 2.45) is 0 Å². The average Bonchev–Trinajstić information content (AvgIpc) is 2.50. The van der Waals surface area contributed by atoms with E-state index in [2.05, 4.69) is 0 Å². The minimum atomic E-state index is -0.259. The molecule has 110 valence electrons. The summed E-state index contributed by atoms with van der Waals surface area (Å²) >= 11 is 0. The molecular formula is C16H17FN2O2. The van der Waals surface area contributed by atoms with Crippen molar-refractivity contribution in [3.05, 3.63) is 42.2 Å². The molecule has 3 rings (SSSR count). The first kappa shape index (κ1) is 13.5. The number of rotatable bonds is 3. The fraction of sp³-hybridized carbons (Fsp3) is 0.250. The summed E-state index contributed by atoms with van der Waals surface area (Å²) in [6.45, 7) is 3.77. The van der Waals surface area contributed by atoms with Gasteiger partial charge in [0, 0.05) is 24.4 Å². The van der Waals surface area contributed by atoms with E-state index in [0.29, 0.717) is 36.9 Å². The minimum Gasteiger partial charge on any atom is -0.486 e. The topological polar surface area (TPSA) is 47.7 Å². The predicted octanol–water partition coefficient (Wildman–Crippen LogP) is 3.34. The molecule has 0 aliphatic carbocycles. The molecule has 4 nitrogen and oxygen atoms in total. The Morgan fingerprint density at radius 1 is 1.10 bits per heavy atom. The largest absolute Gasteiger partial charge is 0.486 e. The fourth-order valence-corrected chi connectivity index (χ4v) is 2.44. The van der Waals surface area contributed by atoms with E-state index in [4.69, 9.17) is 15.2 Å². The molecule has 0 saturated carbocycles. The summed E-state index contributed by atoms with van der Waals surface area (Å²) < 4.78 is 24.2. The molecule has 0 aromatic heterocycles. The van der Waals surface area contributed by atoms with Gasteiger partial charge in [-0.2, -0.15) is 0 Å². The lowest BCUT2D eigenvalue weighted by Crippen LogP contribution is -2.20. The van der Waals surface area contributed by atoms with Gasteiger partial charge in [-0.05, 0) is 31.2 Å². The van der Waals surface area contributed by atoms with Gasteiger partial charge in [0.2, 0.25) is 0 Å². The highest BCUT2D eigenvalue weighted by molar-refractivity contribution is 5.78. The van der Waals surface area contributed by atoms with Gasteiger partial charge in [0.1, 0.15) is 19.0 Å². The molecule has 0 saturated heterocycles. The maximum Gasteiger partial charge on any atom is 0.163 e. The normalized spacial score (nSPS) is 13.0. The van der Waals surface area contributed by atoms with Crippen LogP contribution in [-0.4, -0.2) is 19.8 Å². The van der Waals surface area contributed by atoms with Gasteiger partial charge in [-0.3, -0.25) is 0 Å².